The number of halogens is 2. The Hall–Kier alpha value is -1.49. The fraction of sp³-hybridized carbons (Fsp3) is 0.364. The Morgan fingerprint density at radius 3 is 2.69 bits per heavy atom. The van der Waals surface area contributed by atoms with Gasteiger partial charge in [-0.1, -0.05) is 6.07 Å². The molecule has 1 atom stereocenters. The van der Waals surface area contributed by atoms with Crippen LogP contribution in [0.15, 0.2) is 18.2 Å². The summed E-state index contributed by atoms with van der Waals surface area (Å²) in [5, 5.41) is 2.59. The highest BCUT2D eigenvalue weighted by Gasteiger charge is 2.11. The van der Waals surface area contributed by atoms with E-state index in [9.17, 15) is 13.6 Å². The maximum absolute atomic E-state index is 12.9. The van der Waals surface area contributed by atoms with E-state index in [1.807, 2.05) is 0 Å². The van der Waals surface area contributed by atoms with Gasteiger partial charge in [-0.2, -0.15) is 0 Å². The molecule has 0 bridgehead atoms. The Morgan fingerprint density at radius 1 is 1.44 bits per heavy atom. The summed E-state index contributed by atoms with van der Waals surface area (Å²) in [6.45, 7) is 1.62. The topological polar surface area (TPSA) is 38.3 Å². The van der Waals surface area contributed by atoms with E-state index >= 15 is 0 Å². The van der Waals surface area contributed by atoms with Crippen molar-refractivity contribution in [1.82, 2.24) is 5.32 Å². The molecule has 0 fully saturated rings. The average molecular weight is 229 g/mol. The van der Waals surface area contributed by atoms with Crippen molar-refractivity contribution in [2.75, 3.05) is 13.7 Å². The zero-order valence-corrected chi connectivity index (χ0v) is 9.09. The molecule has 0 spiro atoms. The van der Waals surface area contributed by atoms with Gasteiger partial charge in [-0.3, -0.25) is 4.79 Å². The maximum atomic E-state index is 12.9. The van der Waals surface area contributed by atoms with Gasteiger partial charge < -0.3 is 10.1 Å². The van der Waals surface area contributed by atoms with Crippen molar-refractivity contribution < 1.29 is 18.3 Å². The zero-order valence-electron chi connectivity index (χ0n) is 9.09. The Bertz CT molecular complexity index is 382. The second-order valence-corrected chi connectivity index (χ2v) is 3.40. The van der Waals surface area contributed by atoms with Gasteiger partial charge in [0.1, 0.15) is 6.61 Å². The predicted octanol–water partition coefficient (Wildman–Crippen LogP) is 1.79. The molecule has 16 heavy (non-hydrogen) atoms. The number of methoxy groups -OCH3 is 1. The first-order valence-corrected chi connectivity index (χ1v) is 4.78. The van der Waals surface area contributed by atoms with E-state index in [-0.39, 0.29) is 12.5 Å². The molecule has 0 saturated heterocycles. The van der Waals surface area contributed by atoms with Crippen molar-refractivity contribution in [3.63, 3.8) is 0 Å². The minimum Gasteiger partial charge on any atom is -0.375 e. The lowest BCUT2D eigenvalue weighted by Crippen LogP contribution is -2.29. The minimum absolute atomic E-state index is 0.0615. The molecule has 5 heteroatoms. The number of amides is 1. The normalized spacial score (nSPS) is 12.2. The van der Waals surface area contributed by atoms with Crippen molar-refractivity contribution in [2.24, 2.45) is 0 Å². The Labute approximate surface area is 92.4 Å². The highest BCUT2D eigenvalue weighted by molar-refractivity contribution is 5.77. The van der Waals surface area contributed by atoms with Gasteiger partial charge in [-0.05, 0) is 24.6 Å². The Morgan fingerprint density at radius 2 is 2.12 bits per heavy atom. The van der Waals surface area contributed by atoms with Crippen molar-refractivity contribution >= 4 is 5.91 Å². The second kappa shape index (κ2) is 5.55. The number of rotatable bonds is 4. The lowest BCUT2D eigenvalue weighted by molar-refractivity contribution is -0.125. The van der Waals surface area contributed by atoms with Crippen LogP contribution in [0.5, 0.6) is 0 Å². The fourth-order valence-corrected chi connectivity index (χ4v) is 1.28. The number of nitrogens with one attached hydrogen (secondary N) is 1. The van der Waals surface area contributed by atoms with E-state index in [1.54, 1.807) is 6.92 Å². The Balaban J connectivity index is 2.69. The third-order valence-corrected chi connectivity index (χ3v) is 2.10. The van der Waals surface area contributed by atoms with E-state index in [2.05, 4.69) is 10.1 Å². The number of carbonyl (C=O) groups is 1. The summed E-state index contributed by atoms with van der Waals surface area (Å²) in [4.78, 5) is 11.2. The summed E-state index contributed by atoms with van der Waals surface area (Å²) in [7, 11) is 1.40. The van der Waals surface area contributed by atoms with E-state index < -0.39 is 17.7 Å². The first-order valence-electron chi connectivity index (χ1n) is 4.78. The number of ether oxygens (including phenoxy) is 1. The molecule has 1 N–H and O–H groups in total. The molecule has 0 heterocycles. The number of carbonyl (C=O) groups excluding carboxylic acids is 1. The van der Waals surface area contributed by atoms with Gasteiger partial charge in [0, 0.05) is 7.11 Å². The van der Waals surface area contributed by atoms with Gasteiger partial charge in [0.25, 0.3) is 0 Å². The van der Waals surface area contributed by atoms with Gasteiger partial charge in [-0.25, -0.2) is 8.78 Å². The molecule has 1 aromatic rings. The SMILES string of the molecule is COCC(=O)N[C@H](C)c1ccc(F)c(F)c1. The molecular formula is C11H13F2NO2. The van der Waals surface area contributed by atoms with Crippen LogP contribution in [0.1, 0.15) is 18.5 Å². The monoisotopic (exact) mass is 229 g/mol. The number of hydrogen-bond donors (Lipinski definition) is 1. The second-order valence-electron chi connectivity index (χ2n) is 3.40. The zero-order chi connectivity index (χ0) is 12.1. The van der Waals surface area contributed by atoms with E-state index in [4.69, 9.17) is 0 Å². The van der Waals surface area contributed by atoms with Crippen LogP contribution in [-0.4, -0.2) is 19.6 Å². The lowest BCUT2D eigenvalue weighted by atomic mass is 10.1. The highest BCUT2D eigenvalue weighted by Crippen LogP contribution is 2.15. The third-order valence-electron chi connectivity index (χ3n) is 2.10. The molecule has 88 valence electrons. The van der Waals surface area contributed by atoms with E-state index in [0.717, 1.165) is 12.1 Å². The fourth-order valence-electron chi connectivity index (χ4n) is 1.28. The quantitative estimate of drug-likeness (QED) is 0.854. The van der Waals surface area contributed by atoms with Crippen LogP contribution >= 0.6 is 0 Å². The lowest BCUT2D eigenvalue weighted by Gasteiger charge is -2.14. The largest absolute Gasteiger partial charge is 0.375 e. The molecule has 0 aliphatic carbocycles. The third kappa shape index (κ3) is 3.27. The van der Waals surface area contributed by atoms with Crippen LogP contribution in [0.25, 0.3) is 0 Å². The van der Waals surface area contributed by atoms with Crippen molar-refractivity contribution in [3.8, 4) is 0 Å². The van der Waals surface area contributed by atoms with Crippen molar-refractivity contribution in [1.29, 1.82) is 0 Å². The first-order chi connectivity index (χ1) is 7.54. The number of hydrogen-bond acceptors (Lipinski definition) is 2. The summed E-state index contributed by atoms with van der Waals surface area (Å²) in [5.74, 6) is -2.13. The summed E-state index contributed by atoms with van der Waals surface area (Å²) in [6.07, 6.45) is 0. The van der Waals surface area contributed by atoms with Gasteiger partial charge >= 0.3 is 0 Å². The number of benzene rings is 1. The van der Waals surface area contributed by atoms with Gasteiger partial charge in [0.15, 0.2) is 11.6 Å². The standard InChI is InChI=1S/C11H13F2NO2/c1-7(14-11(15)6-16-2)8-3-4-9(12)10(13)5-8/h3-5,7H,6H2,1-2H3,(H,14,15)/t7-/m1/s1. The molecular weight excluding hydrogens is 216 g/mol. The maximum Gasteiger partial charge on any atom is 0.246 e. The predicted molar refractivity (Wildman–Crippen MR) is 54.8 cm³/mol. The molecule has 0 unspecified atom stereocenters. The van der Waals surface area contributed by atoms with Crippen LogP contribution in [0, 0.1) is 11.6 Å². The molecule has 0 aliphatic heterocycles. The van der Waals surface area contributed by atoms with Gasteiger partial charge in [-0.15, -0.1) is 0 Å². The molecule has 0 aliphatic rings. The van der Waals surface area contributed by atoms with Crippen LogP contribution < -0.4 is 5.32 Å². The average Bonchev–Trinajstić information content (AvgIpc) is 2.22. The highest BCUT2D eigenvalue weighted by atomic mass is 19.2. The van der Waals surface area contributed by atoms with E-state index in [1.165, 1.54) is 13.2 Å². The molecule has 0 saturated carbocycles. The molecule has 1 rings (SSSR count). The van der Waals surface area contributed by atoms with Gasteiger partial charge in [0.05, 0.1) is 6.04 Å². The minimum atomic E-state index is -0.926. The van der Waals surface area contributed by atoms with E-state index in [0.29, 0.717) is 5.56 Å². The summed E-state index contributed by atoms with van der Waals surface area (Å²) < 4.78 is 30.2. The van der Waals surface area contributed by atoms with Crippen LogP contribution in [0.3, 0.4) is 0 Å². The smallest absolute Gasteiger partial charge is 0.246 e. The van der Waals surface area contributed by atoms with Crippen molar-refractivity contribution in [3.05, 3.63) is 35.4 Å². The first kappa shape index (κ1) is 12.6. The van der Waals surface area contributed by atoms with Crippen LogP contribution in [0.2, 0.25) is 0 Å². The Kier molecular flexibility index (Phi) is 4.37. The molecule has 1 amide bonds. The molecule has 1 aromatic carbocycles. The van der Waals surface area contributed by atoms with Crippen LogP contribution in [0.4, 0.5) is 8.78 Å². The molecule has 0 radical (unpaired) electrons. The van der Waals surface area contributed by atoms with Crippen LogP contribution in [-0.2, 0) is 9.53 Å². The summed E-state index contributed by atoms with van der Waals surface area (Å²) in [5.41, 5.74) is 0.503. The molecule has 0 aromatic heterocycles. The van der Waals surface area contributed by atoms with Crippen molar-refractivity contribution in [2.45, 2.75) is 13.0 Å². The van der Waals surface area contributed by atoms with Gasteiger partial charge in [0.2, 0.25) is 5.91 Å². The molecule has 3 nitrogen and oxygen atoms in total. The summed E-state index contributed by atoms with van der Waals surface area (Å²) in [6, 6.07) is 3.13. The summed E-state index contributed by atoms with van der Waals surface area (Å²) >= 11 is 0.